The van der Waals surface area contributed by atoms with Gasteiger partial charge >= 0.3 is 0 Å². The van der Waals surface area contributed by atoms with Crippen molar-refractivity contribution in [2.45, 2.75) is 24.8 Å². The molecule has 2 N–H and O–H groups in total. The largest absolute Gasteiger partial charge is 0.327 e. The van der Waals surface area contributed by atoms with Gasteiger partial charge in [-0.3, -0.25) is 4.68 Å². The van der Waals surface area contributed by atoms with Crippen LogP contribution in [0.25, 0.3) is 0 Å². The molecule has 1 heterocycles. The van der Waals surface area contributed by atoms with E-state index in [0.717, 1.165) is 18.7 Å². The number of nitrogens with zero attached hydrogens (tertiary/aromatic N) is 3. The normalized spacial score (nSPS) is 19.5. The quantitative estimate of drug-likeness (QED) is 0.853. The molecule has 3 rings (SSSR count). The molecule has 88 valence electrons. The molecule has 0 amide bonds. The minimum Gasteiger partial charge on any atom is -0.327 e. The van der Waals surface area contributed by atoms with Crippen LogP contribution in [-0.4, -0.2) is 20.8 Å². The number of hydrogen-bond acceptors (Lipinski definition) is 3. The van der Waals surface area contributed by atoms with Gasteiger partial charge in [0.25, 0.3) is 0 Å². The summed E-state index contributed by atoms with van der Waals surface area (Å²) in [6, 6.07) is 8.66. The Morgan fingerprint density at radius 1 is 1.47 bits per heavy atom. The average molecular weight is 228 g/mol. The van der Waals surface area contributed by atoms with E-state index in [9.17, 15) is 0 Å². The molecule has 0 saturated carbocycles. The van der Waals surface area contributed by atoms with E-state index in [2.05, 4.69) is 34.3 Å². The van der Waals surface area contributed by atoms with Crippen molar-refractivity contribution >= 4 is 0 Å². The van der Waals surface area contributed by atoms with Crippen molar-refractivity contribution in [3.63, 3.8) is 0 Å². The lowest BCUT2D eigenvalue weighted by Gasteiger charge is -2.34. The maximum atomic E-state index is 6.27. The molecular formula is C13H16N4. The molecule has 1 aromatic heterocycles. The van der Waals surface area contributed by atoms with Crippen LogP contribution in [0.3, 0.4) is 0 Å². The summed E-state index contributed by atoms with van der Waals surface area (Å²) in [4.78, 5) is 4.22. The molecule has 2 atom stereocenters. The van der Waals surface area contributed by atoms with Crippen molar-refractivity contribution in [2.24, 2.45) is 12.8 Å². The van der Waals surface area contributed by atoms with Crippen LogP contribution in [0.2, 0.25) is 0 Å². The number of benzene rings is 1. The van der Waals surface area contributed by atoms with Gasteiger partial charge in [-0.2, -0.15) is 5.10 Å². The Kier molecular flexibility index (Phi) is 2.44. The molecule has 2 unspecified atom stereocenters. The first-order chi connectivity index (χ1) is 8.25. The lowest BCUT2D eigenvalue weighted by atomic mass is 9.73. The zero-order valence-electron chi connectivity index (χ0n) is 9.87. The summed E-state index contributed by atoms with van der Waals surface area (Å²) in [7, 11) is 1.91. The molecule has 4 heteroatoms. The Balaban J connectivity index is 1.74. The predicted molar refractivity (Wildman–Crippen MR) is 65.6 cm³/mol. The van der Waals surface area contributed by atoms with Crippen LogP contribution in [0.4, 0.5) is 0 Å². The highest BCUT2D eigenvalue weighted by Gasteiger charge is 2.31. The Bertz CT molecular complexity index is 532. The highest BCUT2D eigenvalue weighted by atomic mass is 15.3. The topological polar surface area (TPSA) is 56.7 Å². The van der Waals surface area contributed by atoms with Gasteiger partial charge in [-0.05, 0) is 17.5 Å². The van der Waals surface area contributed by atoms with Gasteiger partial charge in [-0.25, -0.2) is 4.98 Å². The summed E-state index contributed by atoms with van der Waals surface area (Å²) in [6.07, 6.45) is 3.46. The number of hydrogen-bond donors (Lipinski definition) is 1. The Morgan fingerprint density at radius 3 is 3.00 bits per heavy atom. The van der Waals surface area contributed by atoms with Crippen LogP contribution < -0.4 is 5.73 Å². The monoisotopic (exact) mass is 228 g/mol. The van der Waals surface area contributed by atoms with Crippen molar-refractivity contribution in [3.05, 3.63) is 47.5 Å². The summed E-state index contributed by atoms with van der Waals surface area (Å²) in [6.45, 7) is 0. The van der Waals surface area contributed by atoms with Gasteiger partial charge in [0, 0.05) is 25.4 Å². The molecule has 0 saturated heterocycles. The number of aryl methyl sites for hydroxylation is 1. The molecule has 0 radical (unpaired) electrons. The maximum absolute atomic E-state index is 6.27. The fourth-order valence-electron chi connectivity index (χ4n) is 2.54. The van der Waals surface area contributed by atoms with Crippen molar-refractivity contribution in [2.75, 3.05) is 0 Å². The average Bonchev–Trinajstić information content (AvgIpc) is 2.66. The van der Waals surface area contributed by atoms with Crippen molar-refractivity contribution in [1.29, 1.82) is 0 Å². The van der Waals surface area contributed by atoms with Gasteiger partial charge in [0.1, 0.15) is 12.2 Å². The smallest absolute Gasteiger partial charge is 0.138 e. The molecule has 1 aromatic carbocycles. The molecule has 17 heavy (non-hydrogen) atoms. The Morgan fingerprint density at radius 2 is 2.29 bits per heavy atom. The number of rotatable bonds is 3. The third kappa shape index (κ3) is 1.74. The third-order valence-corrected chi connectivity index (χ3v) is 3.63. The third-order valence-electron chi connectivity index (χ3n) is 3.63. The second-order valence-electron chi connectivity index (χ2n) is 4.68. The number of nitrogens with two attached hydrogens (primary N) is 1. The molecule has 0 bridgehead atoms. The molecule has 2 aromatic rings. The molecule has 0 fully saturated rings. The first kappa shape index (κ1) is 10.5. The fraction of sp³-hybridized carbons (Fsp3) is 0.385. The van der Waals surface area contributed by atoms with Crippen molar-refractivity contribution in [1.82, 2.24) is 14.8 Å². The fourth-order valence-corrected chi connectivity index (χ4v) is 2.54. The lowest BCUT2D eigenvalue weighted by molar-refractivity contribution is 0.465. The maximum Gasteiger partial charge on any atom is 0.138 e. The van der Waals surface area contributed by atoms with Crippen LogP contribution in [-0.2, 0) is 19.9 Å². The van der Waals surface area contributed by atoms with E-state index in [1.165, 1.54) is 11.1 Å². The zero-order valence-corrected chi connectivity index (χ0v) is 9.87. The van der Waals surface area contributed by atoms with Crippen LogP contribution in [0.1, 0.15) is 22.9 Å². The van der Waals surface area contributed by atoms with Gasteiger partial charge in [0.05, 0.1) is 0 Å². The molecule has 0 aliphatic heterocycles. The SMILES string of the molecule is Cn1ncnc1CC(N)C1Cc2ccccc21. The minimum absolute atomic E-state index is 0.132. The molecule has 0 spiro atoms. The van der Waals surface area contributed by atoms with E-state index < -0.39 is 0 Å². The standard InChI is InChI=1S/C13H16N4/c1-17-13(15-8-16-17)7-12(14)11-6-9-4-2-3-5-10(9)11/h2-5,8,11-12H,6-7,14H2,1H3. The van der Waals surface area contributed by atoms with Crippen molar-refractivity contribution in [3.8, 4) is 0 Å². The first-order valence-corrected chi connectivity index (χ1v) is 5.92. The first-order valence-electron chi connectivity index (χ1n) is 5.92. The van der Waals surface area contributed by atoms with Gasteiger partial charge in [-0.1, -0.05) is 24.3 Å². The van der Waals surface area contributed by atoms with E-state index in [0.29, 0.717) is 5.92 Å². The minimum atomic E-state index is 0.132. The lowest BCUT2D eigenvalue weighted by Crippen LogP contribution is -2.37. The second kappa shape index (κ2) is 3.96. The number of aromatic nitrogens is 3. The molecule has 4 nitrogen and oxygen atoms in total. The van der Waals surface area contributed by atoms with Gasteiger partial charge < -0.3 is 5.73 Å². The van der Waals surface area contributed by atoms with Crippen LogP contribution in [0.5, 0.6) is 0 Å². The highest BCUT2D eigenvalue weighted by molar-refractivity contribution is 5.41. The van der Waals surface area contributed by atoms with Crippen LogP contribution >= 0.6 is 0 Å². The molecule has 1 aliphatic rings. The van der Waals surface area contributed by atoms with Crippen LogP contribution in [0, 0.1) is 0 Å². The summed E-state index contributed by atoms with van der Waals surface area (Å²) < 4.78 is 1.80. The van der Waals surface area contributed by atoms with E-state index in [1.54, 1.807) is 11.0 Å². The second-order valence-corrected chi connectivity index (χ2v) is 4.68. The van der Waals surface area contributed by atoms with Crippen molar-refractivity contribution < 1.29 is 0 Å². The number of fused-ring (bicyclic) bond motifs is 1. The summed E-state index contributed by atoms with van der Waals surface area (Å²) in [5.74, 6) is 1.43. The van der Waals surface area contributed by atoms with Gasteiger partial charge in [0.15, 0.2) is 0 Å². The van der Waals surface area contributed by atoms with Gasteiger partial charge in [0.2, 0.25) is 0 Å². The van der Waals surface area contributed by atoms with E-state index >= 15 is 0 Å². The zero-order chi connectivity index (χ0) is 11.8. The Labute approximate surface area is 100 Å². The molecule has 1 aliphatic carbocycles. The van der Waals surface area contributed by atoms with E-state index in [-0.39, 0.29) is 6.04 Å². The highest BCUT2D eigenvalue weighted by Crippen LogP contribution is 2.37. The Hall–Kier alpha value is -1.68. The predicted octanol–water partition coefficient (Wildman–Crippen LogP) is 1.02. The van der Waals surface area contributed by atoms with E-state index in [4.69, 9.17) is 5.73 Å². The van der Waals surface area contributed by atoms with E-state index in [1.807, 2.05) is 7.05 Å². The summed E-state index contributed by atoms with van der Waals surface area (Å²) in [5, 5.41) is 4.07. The summed E-state index contributed by atoms with van der Waals surface area (Å²) in [5.41, 5.74) is 9.11. The van der Waals surface area contributed by atoms with Gasteiger partial charge in [-0.15, -0.1) is 0 Å². The summed E-state index contributed by atoms with van der Waals surface area (Å²) >= 11 is 0. The van der Waals surface area contributed by atoms with Crippen LogP contribution in [0.15, 0.2) is 30.6 Å². The molecular weight excluding hydrogens is 212 g/mol.